The van der Waals surface area contributed by atoms with Crippen LogP contribution in [0.4, 0.5) is 0 Å². The Labute approximate surface area is 187 Å². The Bertz CT molecular complexity index is 1200. The number of ether oxygens (including phenoxy) is 2. The van der Waals surface area contributed by atoms with E-state index in [1.807, 2.05) is 36.1 Å². The minimum absolute atomic E-state index is 0.0648. The summed E-state index contributed by atoms with van der Waals surface area (Å²) in [6.45, 7) is 3.73. The monoisotopic (exact) mass is 427 g/mol. The van der Waals surface area contributed by atoms with E-state index in [1.165, 1.54) is 0 Å². The molecule has 162 valence electrons. The molecule has 1 fully saturated rings. The number of nitriles is 1. The lowest BCUT2D eigenvalue weighted by atomic mass is 9.86. The van der Waals surface area contributed by atoms with Crippen LogP contribution in [0.1, 0.15) is 47.8 Å². The van der Waals surface area contributed by atoms with Gasteiger partial charge in [-0.3, -0.25) is 4.79 Å². The highest BCUT2D eigenvalue weighted by Gasteiger charge is 2.44. The maximum absolute atomic E-state index is 13.2. The summed E-state index contributed by atoms with van der Waals surface area (Å²) in [7, 11) is 0. The number of hydrogen-bond acceptors (Lipinski definition) is 4. The van der Waals surface area contributed by atoms with Gasteiger partial charge in [-0.1, -0.05) is 19.1 Å². The van der Waals surface area contributed by atoms with Gasteiger partial charge in [-0.15, -0.1) is 0 Å². The van der Waals surface area contributed by atoms with E-state index in [0.29, 0.717) is 49.4 Å². The van der Waals surface area contributed by atoms with E-state index < -0.39 is 5.60 Å². The van der Waals surface area contributed by atoms with E-state index in [-0.39, 0.29) is 5.91 Å². The third-order valence-corrected chi connectivity index (χ3v) is 6.31. The predicted molar refractivity (Wildman–Crippen MR) is 120 cm³/mol. The zero-order valence-corrected chi connectivity index (χ0v) is 18.1. The van der Waals surface area contributed by atoms with E-state index in [2.05, 4.69) is 29.0 Å². The minimum atomic E-state index is -0.440. The fourth-order valence-corrected chi connectivity index (χ4v) is 4.67. The van der Waals surface area contributed by atoms with Gasteiger partial charge in [0.25, 0.3) is 5.91 Å². The van der Waals surface area contributed by atoms with E-state index in [0.717, 1.165) is 23.6 Å². The van der Waals surface area contributed by atoms with Crippen molar-refractivity contribution < 1.29 is 14.3 Å². The summed E-state index contributed by atoms with van der Waals surface area (Å²) in [5.74, 6) is 1.33. The number of hydrogen-bond donors (Lipinski definition) is 0. The summed E-state index contributed by atoms with van der Waals surface area (Å²) in [6, 6.07) is 19.5. The van der Waals surface area contributed by atoms with Gasteiger partial charge in [-0.2, -0.15) is 5.26 Å². The summed E-state index contributed by atoms with van der Waals surface area (Å²) in [5.41, 5.74) is 2.64. The molecule has 0 unspecified atom stereocenters. The first-order chi connectivity index (χ1) is 15.6. The number of rotatable bonds is 4. The highest BCUT2D eigenvalue weighted by Crippen LogP contribution is 2.45. The van der Waals surface area contributed by atoms with E-state index in [1.54, 1.807) is 18.2 Å². The lowest BCUT2D eigenvalue weighted by Gasteiger charge is -2.45. The van der Waals surface area contributed by atoms with Gasteiger partial charge >= 0.3 is 0 Å². The Hall–Kier alpha value is -3.72. The van der Waals surface area contributed by atoms with Crippen LogP contribution in [-0.4, -0.2) is 35.1 Å². The SMILES string of the molecule is CCCOc1ccc(C(=O)N2CCC3(CC2)Oc2ccccc2-n2cccc23)cc1C#N. The van der Waals surface area contributed by atoms with Crippen LogP contribution in [0.15, 0.2) is 60.8 Å². The van der Waals surface area contributed by atoms with Gasteiger partial charge in [0.05, 0.1) is 23.6 Å². The second kappa shape index (κ2) is 8.08. The number of para-hydroxylation sites is 2. The Morgan fingerprint density at radius 1 is 1.16 bits per heavy atom. The molecule has 1 aromatic heterocycles. The molecule has 0 radical (unpaired) electrons. The topological polar surface area (TPSA) is 67.5 Å². The number of amides is 1. The van der Waals surface area contributed by atoms with Gasteiger partial charge < -0.3 is 18.9 Å². The number of fused-ring (bicyclic) bond motifs is 4. The number of benzene rings is 2. The van der Waals surface area contributed by atoms with Gasteiger partial charge in [0.2, 0.25) is 0 Å². The molecular weight excluding hydrogens is 402 g/mol. The van der Waals surface area contributed by atoms with Crippen molar-refractivity contribution in [1.82, 2.24) is 9.47 Å². The van der Waals surface area contributed by atoms with Crippen LogP contribution >= 0.6 is 0 Å². The molecule has 3 heterocycles. The van der Waals surface area contributed by atoms with E-state index in [4.69, 9.17) is 9.47 Å². The van der Waals surface area contributed by atoms with Crippen LogP contribution in [0.3, 0.4) is 0 Å². The summed E-state index contributed by atoms with van der Waals surface area (Å²) < 4.78 is 14.4. The van der Waals surface area contributed by atoms with Crippen LogP contribution in [0, 0.1) is 11.3 Å². The second-order valence-corrected chi connectivity index (χ2v) is 8.29. The Morgan fingerprint density at radius 2 is 1.97 bits per heavy atom. The van der Waals surface area contributed by atoms with Crippen LogP contribution in [-0.2, 0) is 5.60 Å². The number of nitrogens with zero attached hydrogens (tertiary/aromatic N) is 3. The molecule has 5 rings (SSSR count). The molecule has 0 bridgehead atoms. The van der Waals surface area contributed by atoms with Crippen molar-refractivity contribution in [2.45, 2.75) is 31.8 Å². The molecule has 1 saturated heterocycles. The first-order valence-electron chi connectivity index (χ1n) is 11.1. The molecule has 1 spiro atoms. The lowest BCUT2D eigenvalue weighted by molar-refractivity contribution is -0.00931. The molecule has 0 saturated carbocycles. The van der Waals surface area contributed by atoms with Crippen LogP contribution in [0.2, 0.25) is 0 Å². The van der Waals surface area contributed by atoms with E-state index in [9.17, 15) is 10.1 Å². The molecule has 0 atom stereocenters. The molecule has 32 heavy (non-hydrogen) atoms. The Balaban J connectivity index is 1.35. The van der Waals surface area contributed by atoms with Crippen LogP contribution in [0.25, 0.3) is 5.69 Å². The van der Waals surface area contributed by atoms with Gasteiger partial charge in [0.1, 0.15) is 17.6 Å². The lowest BCUT2D eigenvalue weighted by Crippen LogP contribution is -2.50. The molecule has 0 aliphatic carbocycles. The molecule has 2 aliphatic rings. The summed E-state index contributed by atoms with van der Waals surface area (Å²) >= 11 is 0. The second-order valence-electron chi connectivity index (χ2n) is 8.29. The fourth-order valence-electron chi connectivity index (χ4n) is 4.67. The summed E-state index contributed by atoms with van der Waals surface area (Å²) in [6.07, 6.45) is 4.35. The highest BCUT2D eigenvalue weighted by atomic mass is 16.5. The van der Waals surface area contributed by atoms with Crippen molar-refractivity contribution >= 4 is 5.91 Å². The van der Waals surface area contributed by atoms with Crippen molar-refractivity contribution in [3.05, 3.63) is 77.6 Å². The normalized spacial score (nSPS) is 15.9. The molecule has 2 aromatic carbocycles. The minimum Gasteiger partial charge on any atom is -0.492 e. The van der Waals surface area contributed by atoms with Gasteiger partial charge in [0, 0.05) is 37.7 Å². The van der Waals surface area contributed by atoms with Crippen molar-refractivity contribution in [1.29, 1.82) is 5.26 Å². The van der Waals surface area contributed by atoms with Crippen molar-refractivity contribution in [2.24, 2.45) is 0 Å². The molecule has 0 N–H and O–H groups in total. The van der Waals surface area contributed by atoms with Crippen molar-refractivity contribution in [3.8, 4) is 23.3 Å². The molecule has 6 heteroatoms. The number of piperidine rings is 1. The fraction of sp³-hybridized carbons (Fsp3) is 0.308. The highest BCUT2D eigenvalue weighted by molar-refractivity contribution is 5.95. The molecule has 3 aromatic rings. The van der Waals surface area contributed by atoms with Crippen molar-refractivity contribution in [2.75, 3.05) is 19.7 Å². The predicted octanol–water partition coefficient (Wildman–Crippen LogP) is 4.66. The van der Waals surface area contributed by atoms with Crippen LogP contribution in [0.5, 0.6) is 11.5 Å². The van der Waals surface area contributed by atoms with Gasteiger partial charge in [-0.05, 0) is 48.9 Å². The Kier molecular flexibility index (Phi) is 5.10. The van der Waals surface area contributed by atoms with Gasteiger partial charge in [0.15, 0.2) is 5.60 Å². The number of aromatic nitrogens is 1. The molecule has 1 amide bonds. The summed E-state index contributed by atoms with van der Waals surface area (Å²) in [5, 5.41) is 9.48. The first-order valence-corrected chi connectivity index (χ1v) is 11.1. The average molecular weight is 428 g/mol. The third-order valence-electron chi connectivity index (χ3n) is 6.31. The maximum Gasteiger partial charge on any atom is 0.253 e. The maximum atomic E-state index is 13.2. The molecule has 2 aliphatic heterocycles. The summed E-state index contributed by atoms with van der Waals surface area (Å²) in [4.78, 5) is 15.0. The van der Waals surface area contributed by atoms with Crippen LogP contribution < -0.4 is 9.47 Å². The smallest absolute Gasteiger partial charge is 0.253 e. The van der Waals surface area contributed by atoms with E-state index >= 15 is 0 Å². The standard InChI is InChI=1S/C26H25N3O3/c1-2-16-31-22-10-9-19(17-20(22)18-27)25(30)28-14-11-26(12-15-28)24-8-5-13-29(24)21-6-3-4-7-23(21)32-26/h3-10,13,17H,2,11-12,14-16H2,1H3. The van der Waals surface area contributed by atoms with Gasteiger partial charge in [-0.25, -0.2) is 0 Å². The third kappa shape index (κ3) is 3.31. The number of carbonyl (C=O) groups excluding carboxylic acids is 1. The number of likely N-dealkylation sites (tertiary alicyclic amines) is 1. The van der Waals surface area contributed by atoms with Crippen molar-refractivity contribution in [3.63, 3.8) is 0 Å². The Morgan fingerprint density at radius 3 is 2.75 bits per heavy atom. The zero-order chi connectivity index (χ0) is 22.1. The zero-order valence-electron chi connectivity index (χ0n) is 18.1. The first kappa shape index (κ1) is 20.2. The molecular formula is C26H25N3O3. The quantitative estimate of drug-likeness (QED) is 0.607. The molecule has 6 nitrogen and oxygen atoms in total. The largest absolute Gasteiger partial charge is 0.492 e. The number of carbonyl (C=O) groups is 1. The average Bonchev–Trinajstić information content (AvgIpc) is 3.34.